The molecule has 0 spiro atoms. The highest BCUT2D eigenvalue weighted by atomic mass is 32.1. The van der Waals surface area contributed by atoms with Gasteiger partial charge in [-0.2, -0.15) is 4.39 Å². The van der Waals surface area contributed by atoms with Crippen LogP contribution >= 0.6 is 11.5 Å². The van der Waals surface area contributed by atoms with E-state index < -0.39 is 23.2 Å². The monoisotopic (exact) mass is 243 g/mol. The molecule has 16 heavy (non-hydrogen) atoms. The van der Waals surface area contributed by atoms with Crippen molar-refractivity contribution >= 4 is 22.6 Å². The van der Waals surface area contributed by atoms with Crippen molar-refractivity contribution in [1.82, 2.24) is 19.8 Å². The van der Waals surface area contributed by atoms with Gasteiger partial charge in [-0.15, -0.1) is 0 Å². The first-order valence-corrected chi connectivity index (χ1v) is 4.72. The van der Waals surface area contributed by atoms with Gasteiger partial charge in [0.1, 0.15) is 0 Å². The van der Waals surface area contributed by atoms with Crippen LogP contribution in [-0.4, -0.2) is 25.7 Å². The highest BCUT2D eigenvalue weighted by Crippen LogP contribution is 2.12. The highest BCUT2D eigenvalue weighted by molar-refractivity contribution is 7.09. The number of rotatable bonds is 2. The van der Waals surface area contributed by atoms with Gasteiger partial charge in [-0.05, 0) is 11.3 Å². The zero-order valence-electron chi connectivity index (χ0n) is 7.52. The minimum atomic E-state index is -1.33. The van der Waals surface area contributed by atoms with Crippen molar-refractivity contribution < 1.29 is 13.6 Å². The molecule has 0 atom stereocenters. The number of amides is 1. The van der Waals surface area contributed by atoms with E-state index in [2.05, 4.69) is 25.1 Å². The molecule has 0 aliphatic rings. The number of nitrogens with zero attached hydrogens (tertiary/aromatic N) is 4. The van der Waals surface area contributed by atoms with Crippen LogP contribution in [0.15, 0.2) is 12.3 Å². The maximum atomic E-state index is 13.1. The number of hydrogen-bond donors (Lipinski definition) is 1. The van der Waals surface area contributed by atoms with E-state index in [1.54, 1.807) is 0 Å². The second-order valence-corrected chi connectivity index (χ2v) is 3.32. The fourth-order valence-corrected chi connectivity index (χ4v) is 1.30. The fraction of sp³-hybridized carbons (Fsp3) is 0. The molecule has 82 valence electrons. The second-order valence-electron chi connectivity index (χ2n) is 2.58. The second kappa shape index (κ2) is 4.23. The Morgan fingerprint density at radius 1 is 1.44 bits per heavy atom. The van der Waals surface area contributed by atoms with E-state index in [-0.39, 0.29) is 5.13 Å². The average molecular weight is 243 g/mol. The fourth-order valence-electron chi connectivity index (χ4n) is 0.940. The molecule has 1 N–H and O–H groups in total. The molecule has 0 saturated carbocycles. The summed E-state index contributed by atoms with van der Waals surface area (Å²) in [7, 11) is 0. The molecule has 0 fully saturated rings. The van der Waals surface area contributed by atoms with Gasteiger partial charge in [-0.3, -0.25) is 10.1 Å². The maximum Gasteiger partial charge on any atom is 0.260 e. The van der Waals surface area contributed by atoms with E-state index >= 15 is 0 Å². The summed E-state index contributed by atoms with van der Waals surface area (Å²) in [4.78, 5) is 14.5. The third-order valence-corrected chi connectivity index (χ3v) is 2.12. The van der Waals surface area contributed by atoms with Crippen LogP contribution in [0.3, 0.4) is 0 Å². The number of hydrogen-bond acceptors (Lipinski definition) is 6. The molecule has 2 aromatic rings. The Morgan fingerprint density at radius 3 is 2.94 bits per heavy atom. The molecule has 0 unspecified atom stereocenters. The Labute approximate surface area is 91.5 Å². The molecule has 2 heterocycles. The Balaban J connectivity index is 2.24. The number of nitrogens with one attached hydrogen (secondary N) is 1. The summed E-state index contributed by atoms with van der Waals surface area (Å²) in [6.45, 7) is 0. The number of halogens is 2. The Bertz CT molecular complexity index is 518. The smallest absolute Gasteiger partial charge is 0.260 e. The number of aromatic nitrogens is 4. The largest absolute Gasteiger partial charge is 0.295 e. The van der Waals surface area contributed by atoms with Crippen LogP contribution < -0.4 is 5.32 Å². The van der Waals surface area contributed by atoms with Crippen molar-refractivity contribution in [2.75, 3.05) is 5.32 Å². The molecule has 2 rings (SSSR count). The lowest BCUT2D eigenvalue weighted by Gasteiger charge is -2.01. The van der Waals surface area contributed by atoms with Gasteiger partial charge in [0.05, 0.1) is 5.56 Å². The van der Waals surface area contributed by atoms with E-state index in [1.165, 1.54) is 0 Å². The average Bonchev–Trinajstić information content (AvgIpc) is 2.74. The summed E-state index contributed by atoms with van der Waals surface area (Å²) in [6, 6.07) is 1.06. The molecule has 2 aromatic heterocycles. The van der Waals surface area contributed by atoms with Crippen molar-refractivity contribution in [3.8, 4) is 0 Å². The number of carbonyl (C=O) groups is 1. The minimum Gasteiger partial charge on any atom is -0.295 e. The quantitative estimate of drug-likeness (QED) is 0.791. The van der Waals surface area contributed by atoms with Crippen LogP contribution in [0.2, 0.25) is 0 Å². The number of pyridine rings is 1. The first-order chi connectivity index (χ1) is 7.68. The third kappa shape index (κ3) is 1.98. The van der Waals surface area contributed by atoms with Crippen molar-refractivity contribution in [2.24, 2.45) is 0 Å². The van der Waals surface area contributed by atoms with E-state index in [4.69, 9.17) is 0 Å². The van der Waals surface area contributed by atoms with Gasteiger partial charge in [0.25, 0.3) is 5.91 Å². The van der Waals surface area contributed by atoms with Crippen molar-refractivity contribution in [3.63, 3.8) is 0 Å². The van der Waals surface area contributed by atoms with Crippen molar-refractivity contribution in [2.45, 2.75) is 0 Å². The number of anilines is 1. The normalized spacial score (nSPS) is 10.1. The van der Waals surface area contributed by atoms with E-state index in [9.17, 15) is 13.6 Å². The summed E-state index contributed by atoms with van der Waals surface area (Å²) in [6.07, 6.45) is 0.992. The predicted molar refractivity (Wildman–Crippen MR) is 49.8 cm³/mol. The lowest BCUT2D eigenvalue weighted by Crippen LogP contribution is -2.14. The first kappa shape index (κ1) is 10.5. The molecule has 0 saturated heterocycles. The minimum absolute atomic E-state index is 0.0987. The summed E-state index contributed by atoms with van der Waals surface area (Å²) in [5.41, 5.74) is -0.456. The Hall–Kier alpha value is -2.03. The molecule has 1 amide bonds. The molecule has 6 nitrogen and oxygen atoms in total. The molecule has 0 aliphatic carbocycles. The molecular formula is C7H3F2N5OS. The molecule has 9 heteroatoms. The summed E-state index contributed by atoms with van der Waals surface area (Å²) in [5, 5.41) is 8.97. The van der Waals surface area contributed by atoms with Crippen LogP contribution in [0.25, 0.3) is 0 Å². The lowest BCUT2D eigenvalue weighted by molar-refractivity contribution is 0.102. The topological polar surface area (TPSA) is 80.7 Å². The molecule has 0 aromatic carbocycles. The van der Waals surface area contributed by atoms with E-state index in [0.717, 1.165) is 23.8 Å². The third-order valence-electron chi connectivity index (χ3n) is 1.61. The Morgan fingerprint density at radius 2 is 2.25 bits per heavy atom. The predicted octanol–water partition coefficient (Wildman–Crippen LogP) is 0.859. The van der Waals surface area contributed by atoms with Crippen LogP contribution in [0.4, 0.5) is 13.9 Å². The van der Waals surface area contributed by atoms with Gasteiger partial charge in [0, 0.05) is 17.7 Å². The SMILES string of the molecule is O=C(Nc1nnns1)c1ccnc(F)c1F. The number of carbonyl (C=O) groups excluding carboxylic acids is 1. The molecule has 0 aliphatic heterocycles. The van der Waals surface area contributed by atoms with Gasteiger partial charge in [-0.1, -0.05) is 9.59 Å². The molecule has 0 radical (unpaired) electrons. The van der Waals surface area contributed by atoms with Gasteiger partial charge >= 0.3 is 0 Å². The van der Waals surface area contributed by atoms with Crippen LogP contribution in [0.1, 0.15) is 10.4 Å². The summed E-state index contributed by atoms with van der Waals surface area (Å²) < 4.78 is 29.2. The zero-order valence-corrected chi connectivity index (χ0v) is 8.33. The summed E-state index contributed by atoms with van der Waals surface area (Å²) in [5.74, 6) is -3.47. The van der Waals surface area contributed by atoms with Crippen LogP contribution in [0, 0.1) is 11.8 Å². The van der Waals surface area contributed by atoms with Gasteiger partial charge in [0.15, 0.2) is 5.82 Å². The van der Waals surface area contributed by atoms with E-state index in [1.807, 2.05) is 0 Å². The molecular weight excluding hydrogens is 240 g/mol. The molecule has 0 bridgehead atoms. The standard InChI is InChI=1S/C7H3F2N5OS/c8-4-3(1-2-10-5(4)9)6(15)11-7-12-13-14-16-7/h1-2H,(H,11,12,14,15). The van der Waals surface area contributed by atoms with Crippen molar-refractivity contribution in [3.05, 3.63) is 29.6 Å². The maximum absolute atomic E-state index is 13.1. The van der Waals surface area contributed by atoms with Crippen LogP contribution in [0.5, 0.6) is 0 Å². The zero-order chi connectivity index (χ0) is 11.5. The van der Waals surface area contributed by atoms with Crippen molar-refractivity contribution in [1.29, 1.82) is 0 Å². The first-order valence-electron chi connectivity index (χ1n) is 3.95. The van der Waals surface area contributed by atoms with Gasteiger partial charge in [0.2, 0.25) is 11.1 Å². The van der Waals surface area contributed by atoms with Gasteiger partial charge in [-0.25, -0.2) is 9.37 Å². The highest BCUT2D eigenvalue weighted by Gasteiger charge is 2.17. The van der Waals surface area contributed by atoms with E-state index in [0.29, 0.717) is 0 Å². The Kier molecular flexibility index (Phi) is 2.77. The van der Waals surface area contributed by atoms with Crippen LogP contribution in [-0.2, 0) is 0 Å². The lowest BCUT2D eigenvalue weighted by atomic mass is 10.2. The van der Waals surface area contributed by atoms with Gasteiger partial charge < -0.3 is 0 Å². The summed E-state index contributed by atoms with van der Waals surface area (Å²) >= 11 is 0.820.